The summed E-state index contributed by atoms with van der Waals surface area (Å²) in [6, 6.07) is 9.78. The van der Waals surface area contributed by atoms with Crippen LogP contribution in [0.1, 0.15) is 43.0 Å². The third-order valence-corrected chi connectivity index (χ3v) is 6.65. The standard InChI is InChI=1S/C20H25N5O2S2/c1-14(26)25(17-7-8-17)19-22-24(20(28)29-19)13-23-11-9-16(10-12-23)21-18(27)15-5-3-2-4-6-15/h2-6,16-17H,7-13H2,1H3,(H,21,27). The number of nitrogens with one attached hydrogen (secondary N) is 1. The Morgan fingerprint density at radius 1 is 1.21 bits per heavy atom. The van der Waals surface area contributed by atoms with Gasteiger partial charge in [-0.2, -0.15) is 0 Å². The van der Waals surface area contributed by atoms with Gasteiger partial charge in [0.15, 0.2) is 3.95 Å². The van der Waals surface area contributed by atoms with Crippen LogP contribution in [0.25, 0.3) is 0 Å². The van der Waals surface area contributed by atoms with Crippen LogP contribution < -0.4 is 10.2 Å². The number of likely N-dealkylation sites (tertiary alicyclic amines) is 1. The second-order valence-electron chi connectivity index (χ2n) is 7.64. The lowest BCUT2D eigenvalue weighted by molar-refractivity contribution is -0.116. The highest BCUT2D eigenvalue weighted by molar-refractivity contribution is 7.73. The number of rotatable bonds is 6. The Kier molecular flexibility index (Phi) is 6.07. The first-order valence-corrected chi connectivity index (χ1v) is 11.2. The summed E-state index contributed by atoms with van der Waals surface area (Å²) < 4.78 is 2.50. The van der Waals surface area contributed by atoms with Gasteiger partial charge in [0.05, 0.1) is 6.67 Å². The van der Waals surface area contributed by atoms with Gasteiger partial charge in [-0.1, -0.05) is 29.5 Å². The van der Waals surface area contributed by atoms with Gasteiger partial charge in [0, 0.05) is 37.7 Å². The van der Waals surface area contributed by atoms with Crippen molar-refractivity contribution in [3.8, 4) is 0 Å². The fraction of sp³-hybridized carbons (Fsp3) is 0.500. The van der Waals surface area contributed by atoms with E-state index in [0.717, 1.165) is 38.8 Å². The minimum atomic E-state index is -0.0141. The van der Waals surface area contributed by atoms with Crippen LogP contribution in [0.3, 0.4) is 0 Å². The molecule has 2 amide bonds. The molecule has 1 saturated heterocycles. The van der Waals surface area contributed by atoms with Gasteiger partial charge in [0.1, 0.15) is 0 Å². The lowest BCUT2D eigenvalue weighted by atomic mass is 10.0. The average molecular weight is 432 g/mol. The number of amides is 2. The molecule has 4 rings (SSSR count). The number of carbonyl (C=O) groups excluding carboxylic acids is 2. The average Bonchev–Trinajstić information content (AvgIpc) is 3.47. The lowest BCUT2D eigenvalue weighted by Crippen LogP contribution is -2.45. The molecule has 0 atom stereocenters. The maximum atomic E-state index is 12.3. The number of hydrogen-bond acceptors (Lipinski definition) is 6. The molecule has 0 radical (unpaired) electrons. The van der Waals surface area contributed by atoms with Crippen LogP contribution in [0.2, 0.25) is 0 Å². The summed E-state index contributed by atoms with van der Waals surface area (Å²) in [7, 11) is 0. The van der Waals surface area contributed by atoms with Crippen molar-refractivity contribution in [3.05, 3.63) is 39.8 Å². The first-order chi connectivity index (χ1) is 14.0. The minimum absolute atomic E-state index is 0.0141. The van der Waals surface area contributed by atoms with Crippen LogP contribution in [0.4, 0.5) is 5.13 Å². The zero-order valence-corrected chi connectivity index (χ0v) is 18.0. The highest BCUT2D eigenvalue weighted by Crippen LogP contribution is 2.33. The molecule has 1 saturated carbocycles. The quantitative estimate of drug-likeness (QED) is 0.712. The van der Waals surface area contributed by atoms with Crippen molar-refractivity contribution >= 4 is 40.5 Å². The second kappa shape index (κ2) is 8.73. The molecule has 0 spiro atoms. The van der Waals surface area contributed by atoms with Crippen LogP contribution in [0.15, 0.2) is 30.3 Å². The molecule has 1 aromatic heterocycles. The molecule has 1 aromatic carbocycles. The van der Waals surface area contributed by atoms with Crippen molar-refractivity contribution in [2.45, 2.75) is 51.4 Å². The van der Waals surface area contributed by atoms with E-state index in [1.165, 1.54) is 11.3 Å². The van der Waals surface area contributed by atoms with Gasteiger partial charge >= 0.3 is 0 Å². The fourth-order valence-electron chi connectivity index (χ4n) is 3.63. The van der Waals surface area contributed by atoms with Gasteiger partial charge in [0.25, 0.3) is 5.91 Å². The molecule has 154 valence electrons. The number of nitrogens with zero attached hydrogens (tertiary/aromatic N) is 4. The molecule has 29 heavy (non-hydrogen) atoms. The third-order valence-electron chi connectivity index (χ3n) is 5.35. The van der Waals surface area contributed by atoms with E-state index in [0.29, 0.717) is 21.3 Å². The number of hydrogen-bond donors (Lipinski definition) is 1. The first kappa shape index (κ1) is 20.2. The van der Waals surface area contributed by atoms with Crippen LogP contribution >= 0.6 is 23.6 Å². The Balaban J connectivity index is 1.31. The summed E-state index contributed by atoms with van der Waals surface area (Å²) in [5.74, 6) is 0.0122. The van der Waals surface area contributed by atoms with E-state index in [1.807, 2.05) is 35.0 Å². The number of benzene rings is 1. The van der Waals surface area contributed by atoms with E-state index < -0.39 is 0 Å². The Bertz CT molecular complexity index is 930. The Morgan fingerprint density at radius 3 is 2.52 bits per heavy atom. The molecule has 0 unspecified atom stereocenters. The van der Waals surface area contributed by atoms with Gasteiger partial charge in [-0.15, -0.1) is 5.10 Å². The van der Waals surface area contributed by atoms with Gasteiger partial charge in [-0.3, -0.25) is 19.4 Å². The van der Waals surface area contributed by atoms with E-state index in [2.05, 4.69) is 15.3 Å². The van der Waals surface area contributed by atoms with Gasteiger partial charge < -0.3 is 5.32 Å². The monoisotopic (exact) mass is 431 g/mol. The Morgan fingerprint density at radius 2 is 1.90 bits per heavy atom. The maximum Gasteiger partial charge on any atom is 0.251 e. The topological polar surface area (TPSA) is 70.5 Å². The van der Waals surface area contributed by atoms with Gasteiger partial charge in [-0.25, -0.2) is 4.68 Å². The molecule has 1 aliphatic carbocycles. The molecule has 2 aromatic rings. The largest absolute Gasteiger partial charge is 0.349 e. The van der Waals surface area contributed by atoms with Crippen molar-refractivity contribution < 1.29 is 9.59 Å². The van der Waals surface area contributed by atoms with Crippen molar-refractivity contribution in [1.82, 2.24) is 20.0 Å². The molecular weight excluding hydrogens is 406 g/mol. The predicted octanol–water partition coefficient (Wildman–Crippen LogP) is 3.04. The summed E-state index contributed by atoms with van der Waals surface area (Å²) in [4.78, 5) is 28.4. The summed E-state index contributed by atoms with van der Waals surface area (Å²) >= 11 is 6.89. The zero-order chi connectivity index (χ0) is 20.4. The van der Waals surface area contributed by atoms with E-state index in [-0.39, 0.29) is 23.9 Å². The molecule has 2 fully saturated rings. The van der Waals surface area contributed by atoms with Crippen molar-refractivity contribution in [1.29, 1.82) is 0 Å². The summed E-state index contributed by atoms with van der Waals surface area (Å²) in [6.45, 7) is 3.94. The number of anilines is 1. The molecule has 2 heterocycles. The lowest BCUT2D eigenvalue weighted by Gasteiger charge is -2.32. The smallest absolute Gasteiger partial charge is 0.251 e. The second-order valence-corrected chi connectivity index (χ2v) is 9.24. The molecular formula is C20H25N5O2S2. The summed E-state index contributed by atoms with van der Waals surface area (Å²) in [5.41, 5.74) is 0.696. The number of aromatic nitrogens is 2. The zero-order valence-electron chi connectivity index (χ0n) is 16.4. The maximum absolute atomic E-state index is 12.3. The molecule has 2 aliphatic rings. The number of carbonyl (C=O) groups is 2. The normalized spacial score (nSPS) is 17.8. The Hall–Kier alpha value is -2.10. The first-order valence-electron chi connectivity index (χ1n) is 9.97. The molecule has 9 heteroatoms. The van der Waals surface area contributed by atoms with E-state index in [4.69, 9.17) is 12.2 Å². The van der Waals surface area contributed by atoms with E-state index in [1.54, 1.807) is 11.8 Å². The molecule has 1 N–H and O–H groups in total. The van der Waals surface area contributed by atoms with Crippen LogP contribution in [-0.2, 0) is 11.5 Å². The van der Waals surface area contributed by atoms with Crippen molar-refractivity contribution in [3.63, 3.8) is 0 Å². The fourth-order valence-corrected chi connectivity index (χ4v) is 4.83. The Labute approximate surface area is 179 Å². The van der Waals surface area contributed by atoms with Crippen LogP contribution in [0, 0.1) is 3.95 Å². The predicted molar refractivity (Wildman–Crippen MR) is 116 cm³/mol. The summed E-state index contributed by atoms with van der Waals surface area (Å²) in [5, 5.41) is 8.45. The van der Waals surface area contributed by atoms with E-state index >= 15 is 0 Å². The SMILES string of the molecule is CC(=O)N(c1nn(CN2CCC(NC(=O)c3ccccc3)CC2)c(=S)s1)C1CC1. The number of piperidine rings is 1. The van der Waals surface area contributed by atoms with Crippen molar-refractivity contribution in [2.75, 3.05) is 18.0 Å². The van der Waals surface area contributed by atoms with Crippen LogP contribution in [-0.4, -0.2) is 51.7 Å². The summed E-state index contributed by atoms with van der Waals surface area (Å²) in [6.07, 6.45) is 3.86. The van der Waals surface area contributed by atoms with Gasteiger partial charge in [-0.05, 0) is 50.0 Å². The van der Waals surface area contributed by atoms with E-state index in [9.17, 15) is 9.59 Å². The van der Waals surface area contributed by atoms with Gasteiger partial charge in [0.2, 0.25) is 11.0 Å². The van der Waals surface area contributed by atoms with Crippen molar-refractivity contribution in [2.24, 2.45) is 0 Å². The highest BCUT2D eigenvalue weighted by Gasteiger charge is 2.34. The highest BCUT2D eigenvalue weighted by atomic mass is 32.1. The molecule has 1 aliphatic heterocycles. The van der Waals surface area contributed by atoms with Crippen LogP contribution in [0.5, 0.6) is 0 Å². The molecule has 7 nitrogen and oxygen atoms in total. The molecule has 0 bridgehead atoms. The third kappa shape index (κ3) is 4.91. The minimum Gasteiger partial charge on any atom is -0.349 e.